The molecule has 1 aliphatic carbocycles. The Balaban J connectivity index is 2.40. The summed E-state index contributed by atoms with van der Waals surface area (Å²) in [6, 6.07) is 6.70. The van der Waals surface area contributed by atoms with Gasteiger partial charge in [0, 0.05) is 11.1 Å². The van der Waals surface area contributed by atoms with E-state index in [9.17, 15) is 9.59 Å². The van der Waals surface area contributed by atoms with Crippen LogP contribution in [0.15, 0.2) is 24.3 Å². The van der Waals surface area contributed by atoms with E-state index in [1.807, 2.05) is 0 Å². The molecule has 0 spiro atoms. The molecular formula is C18H16O5. The predicted molar refractivity (Wildman–Crippen MR) is 84.1 cm³/mol. The zero-order valence-corrected chi connectivity index (χ0v) is 13.4. The van der Waals surface area contributed by atoms with Crippen molar-refractivity contribution in [1.29, 1.82) is 0 Å². The summed E-state index contributed by atoms with van der Waals surface area (Å²) in [5.41, 5.74) is 1.86. The molecule has 118 valence electrons. The molecule has 0 saturated carbocycles. The third-order valence-corrected chi connectivity index (χ3v) is 4.04. The Hall–Kier alpha value is -2.82. The summed E-state index contributed by atoms with van der Waals surface area (Å²) in [5, 5.41) is 0. The minimum Gasteiger partial charge on any atom is -0.496 e. The fraction of sp³-hybridized carbons (Fsp3) is 0.222. The SMILES string of the molecule is COc1cc(C)c2c(c1OC)C(=O)c1c(OC)cccc1C2=O. The van der Waals surface area contributed by atoms with E-state index in [2.05, 4.69) is 0 Å². The second-order valence-corrected chi connectivity index (χ2v) is 5.22. The quantitative estimate of drug-likeness (QED) is 0.744. The summed E-state index contributed by atoms with van der Waals surface area (Å²) >= 11 is 0. The van der Waals surface area contributed by atoms with Gasteiger partial charge in [-0.3, -0.25) is 9.59 Å². The molecule has 0 radical (unpaired) electrons. The molecule has 0 aliphatic heterocycles. The molecule has 0 amide bonds. The Kier molecular flexibility index (Phi) is 3.56. The second-order valence-electron chi connectivity index (χ2n) is 5.22. The van der Waals surface area contributed by atoms with E-state index in [0.717, 1.165) is 0 Å². The molecule has 0 bridgehead atoms. The van der Waals surface area contributed by atoms with E-state index in [-0.39, 0.29) is 28.4 Å². The molecule has 0 heterocycles. The van der Waals surface area contributed by atoms with Crippen molar-refractivity contribution in [3.8, 4) is 17.2 Å². The first kappa shape index (κ1) is 15.1. The van der Waals surface area contributed by atoms with Crippen LogP contribution in [-0.2, 0) is 0 Å². The van der Waals surface area contributed by atoms with Crippen molar-refractivity contribution < 1.29 is 23.8 Å². The first-order chi connectivity index (χ1) is 11.0. The maximum absolute atomic E-state index is 13.1. The molecule has 0 saturated heterocycles. The molecule has 2 aromatic carbocycles. The lowest BCUT2D eigenvalue weighted by Gasteiger charge is -2.24. The van der Waals surface area contributed by atoms with Crippen molar-refractivity contribution in [3.63, 3.8) is 0 Å². The monoisotopic (exact) mass is 312 g/mol. The van der Waals surface area contributed by atoms with Crippen LogP contribution in [0.2, 0.25) is 0 Å². The van der Waals surface area contributed by atoms with Crippen LogP contribution in [0, 0.1) is 6.92 Å². The van der Waals surface area contributed by atoms with Gasteiger partial charge in [-0.25, -0.2) is 0 Å². The lowest BCUT2D eigenvalue weighted by Crippen LogP contribution is -2.24. The number of benzene rings is 2. The summed E-state index contributed by atoms with van der Waals surface area (Å²) in [7, 11) is 4.41. The van der Waals surface area contributed by atoms with Crippen LogP contribution in [-0.4, -0.2) is 32.9 Å². The summed E-state index contributed by atoms with van der Waals surface area (Å²) in [6.45, 7) is 1.77. The highest BCUT2D eigenvalue weighted by Gasteiger charge is 2.37. The Bertz CT molecular complexity index is 836. The normalized spacial score (nSPS) is 12.5. The molecule has 0 atom stereocenters. The van der Waals surface area contributed by atoms with Gasteiger partial charge in [-0.1, -0.05) is 12.1 Å². The molecule has 5 nitrogen and oxygen atoms in total. The standard InChI is InChI=1S/C18H16O5/c1-9-8-12(22-3)18(23-4)15-13(9)16(19)10-6-5-7-11(21-2)14(10)17(15)20/h5-8H,1-4H3. The number of ketones is 2. The number of aryl methyl sites for hydroxylation is 1. The average Bonchev–Trinajstić information content (AvgIpc) is 2.57. The smallest absolute Gasteiger partial charge is 0.202 e. The Morgan fingerprint density at radius 3 is 2.09 bits per heavy atom. The second kappa shape index (κ2) is 5.43. The van der Waals surface area contributed by atoms with Crippen molar-refractivity contribution in [2.45, 2.75) is 6.92 Å². The van der Waals surface area contributed by atoms with Crippen LogP contribution in [0.3, 0.4) is 0 Å². The van der Waals surface area contributed by atoms with Gasteiger partial charge in [0.1, 0.15) is 5.75 Å². The number of hydrogen-bond acceptors (Lipinski definition) is 5. The fourth-order valence-corrected chi connectivity index (χ4v) is 3.02. The number of rotatable bonds is 3. The van der Waals surface area contributed by atoms with Crippen molar-refractivity contribution in [2.75, 3.05) is 21.3 Å². The summed E-state index contributed by atoms with van der Waals surface area (Å²) in [6.07, 6.45) is 0. The van der Waals surface area contributed by atoms with Gasteiger partial charge in [0.2, 0.25) is 5.78 Å². The predicted octanol–water partition coefficient (Wildman–Crippen LogP) is 2.80. The summed E-state index contributed by atoms with van der Waals surface area (Å²) in [5.74, 6) is 0.540. The van der Waals surface area contributed by atoms with Gasteiger partial charge in [0.25, 0.3) is 0 Å². The van der Waals surface area contributed by atoms with Crippen molar-refractivity contribution in [1.82, 2.24) is 0 Å². The third kappa shape index (κ3) is 2.00. The molecule has 2 aromatic rings. The van der Waals surface area contributed by atoms with E-state index in [0.29, 0.717) is 28.2 Å². The van der Waals surface area contributed by atoms with Crippen LogP contribution in [0.25, 0.3) is 0 Å². The first-order valence-corrected chi connectivity index (χ1v) is 7.07. The zero-order chi connectivity index (χ0) is 16.7. The number of ether oxygens (including phenoxy) is 3. The Morgan fingerprint density at radius 1 is 0.783 bits per heavy atom. The molecule has 0 fully saturated rings. The number of fused-ring (bicyclic) bond motifs is 2. The summed E-state index contributed by atoms with van der Waals surface area (Å²) in [4.78, 5) is 26.0. The van der Waals surface area contributed by atoms with Crippen molar-refractivity contribution in [2.24, 2.45) is 0 Å². The van der Waals surface area contributed by atoms with Crippen LogP contribution >= 0.6 is 0 Å². The zero-order valence-electron chi connectivity index (χ0n) is 13.4. The molecule has 0 unspecified atom stereocenters. The van der Waals surface area contributed by atoms with Crippen molar-refractivity contribution >= 4 is 11.6 Å². The van der Waals surface area contributed by atoms with Crippen LogP contribution in [0.5, 0.6) is 17.2 Å². The van der Waals surface area contributed by atoms with Gasteiger partial charge in [-0.15, -0.1) is 0 Å². The molecule has 23 heavy (non-hydrogen) atoms. The molecule has 5 heteroatoms. The van der Waals surface area contributed by atoms with Crippen LogP contribution in [0.1, 0.15) is 37.4 Å². The number of methoxy groups -OCH3 is 3. The maximum Gasteiger partial charge on any atom is 0.202 e. The molecule has 3 rings (SSSR count). The Morgan fingerprint density at radius 2 is 1.48 bits per heavy atom. The molecule has 1 aliphatic rings. The van der Waals surface area contributed by atoms with E-state index < -0.39 is 0 Å². The number of carbonyl (C=O) groups excluding carboxylic acids is 2. The van der Waals surface area contributed by atoms with Gasteiger partial charge in [-0.2, -0.15) is 0 Å². The fourth-order valence-electron chi connectivity index (χ4n) is 3.02. The highest BCUT2D eigenvalue weighted by Crippen LogP contribution is 2.42. The number of hydrogen-bond donors (Lipinski definition) is 0. The topological polar surface area (TPSA) is 61.8 Å². The minimum atomic E-state index is -0.300. The van der Waals surface area contributed by atoms with Gasteiger partial charge < -0.3 is 14.2 Å². The van der Waals surface area contributed by atoms with Gasteiger partial charge in [0.05, 0.1) is 32.5 Å². The third-order valence-electron chi connectivity index (χ3n) is 4.04. The van der Waals surface area contributed by atoms with Gasteiger partial charge in [0.15, 0.2) is 17.3 Å². The number of carbonyl (C=O) groups is 2. The minimum absolute atomic E-state index is 0.216. The first-order valence-electron chi connectivity index (χ1n) is 7.07. The average molecular weight is 312 g/mol. The van der Waals surface area contributed by atoms with Crippen LogP contribution in [0.4, 0.5) is 0 Å². The molecular weight excluding hydrogens is 296 g/mol. The lowest BCUT2D eigenvalue weighted by atomic mass is 9.81. The van der Waals surface area contributed by atoms with E-state index in [1.54, 1.807) is 31.2 Å². The van der Waals surface area contributed by atoms with E-state index in [1.165, 1.54) is 21.3 Å². The van der Waals surface area contributed by atoms with Crippen LogP contribution < -0.4 is 14.2 Å². The lowest BCUT2D eigenvalue weighted by molar-refractivity contribution is 0.0972. The van der Waals surface area contributed by atoms with Gasteiger partial charge in [-0.05, 0) is 24.6 Å². The highest BCUT2D eigenvalue weighted by atomic mass is 16.5. The maximum atomic E-state index is 13.1. The largest absolute Gasteiger partial charge is 0.496 e. The molecule has 0 N–H and O–H groups in total. The van der Waals surface area contributed by atoms with E-state index >= 15 is 0 Å². The Labute approximate surface area is 133 Å². The van der Waals surface area contributed by atoms with Gasteiger partial charge >= 0.3 is 0 Å². The summed E-state index contributed by atoms with van der Waals surface area (Å²) < 4.78 is 15.9. The van der Waals surface area contributed by atoms with E-state index in [4.69, 9.17) is 14.2 Å². The highest BCUT2D eigenvalue weighted by molar-refractivity contribution is 6.31. The molecule has 0 aromatic heterocycles. The van der Waals surface area contributed by atoms with Crippen molar-refractivity contribution in [3.05, 3.63) is 52.1 Å².